The van der Waals surface area contributed by atoms with Gasteiger partial charge >= 0.3 is 21.3 Å². The number of anilines is 1. The van der Waals surface area contributed by atoms with Crippen LogP contribution in [0.1, 0.15) is 17.0 Å². The Hall–Kier alpha value is -3.85. The zero-order valence-corrected chi connectivity index (χ0v) is 19.9. The number of nitrogens with zero attached hydrogens (tertiary/aromatic N) is 5. The van der Waals surface area contributed by atoms with E-state index in [2.05, 4.69) is 19.1 Å². The van der Waals surface area contributed by atoms with Gasteiger partial charge in [-0.2, -0.15) is 31.6 Å². The van der Waals surface area contributed by atoms with Gasteiger partial charge in [-0.15, -0.1) is 0 Å². The van der Waals surface area contributed by atoms with E-state index in [4.69, 9.17) is 0 Å². The Kier molecular flexibility index (Phi) is 7.01. The Labute approximate surface area is 207 Å². The Morgan fingerprint density at radius 1 is 1.14 bits per heavy atom. The third-order valence-corrected chi connectivity index (χ3v) is 6.40. The maximum Gasteiger partial charge on any atom is 0.534 e. The second kappa shape index (κ2) is 9.89. The van der Waals surface area contributed by atoms with Crippen LogP contribution in [0.5, 0.6) is 5.88 Å². The van der Waals surface area contributed by atoms with Crippen LogP contribution in [0.3, 0.4) is 0 Å². The molecule has 0 spiro atoms. The van der Waals surface area contributed by atoms with Crippen LogP contribution in [0, 0.1) is 12.7 Å². The predicted octanol–water partition coefficient (Wildman–Crippen LogP) is 2.02. The van der Waals surface area contributed by atoms with E-state index < -0.39 is 39.1 Å². The molecule has 1 aliphatic rings. The van der Waals surface area contributed by atoms with Crippen LogP contribution in [0.2, 0.25) is 0 Å². The van der Waals surface area contributed by atoms with Crippen molar-refractivity contribution in [1.82, 2.24) is 19.5 Å². The highest BCUT2D eigenvalue weighted by atomic mass is 32.2. The van der Waals surface area contributed by atoms with Gasteiger partial charge in [0.15, 0.2) is 0 Å². The molecule has 1 aliphatic heterocycles. The van der Waals surface area contributed by atoms with E-state index in [1.165, 1.54) is 22.8 Å². The zero-order valence-electron chi connectivity index (χ0n) is 19.1. The van der Waals surface area contributed by atoms with Gasteiger partial charge in [-0.25, -0.2) is 14.2 Å². The molecule has 10 nitrogen and oxygen atoms in total. The molecule has 2 aromatic heterocycles. The quantitative estimate of drug-likeness (QED) is 0.283. The molecule has 3 heterocycles. The molecule has 0 fully saturated rings. The van der Waals surface area contributed by atoms with Crippen molar-refractivity contribution < 1.29 is 35.3 Å². The van der Waals surface area contributed by atoms with Gasteiger partial charge in [-0.1, -0.05) is 24.3 Å². The number of aliphatic hydroxyl groups excluding tert-OH is 1. The molecular formula is C22H19F4N5O5S. The predicted molar refractivity (Wildman–Crippen MR) is 123 cm³/mol. The summed E-state index contributed by atoms with van der Waals surface area (Å²) in [6.45, 7) is 1.84. The first-order valence-corrected chi connectivity index (χ1v) is 12.0. The minimum absolute atomic E-state index is 0.0893. The standard InChI is InChI=1S/C22H19F4N5O5S/c1-13-28-20(30-9-8-17(18(32)12-30)15-3-5-16(23)6-4-15)29-21(33)31(13)11-14-2-7-19(27-10-14)36-37(34,35)22(24,25)26/h2-8,10,18,32H,9,11-12H2,1H3. The molecule has 0 saturated carbocycles. The number of hydrogen-bond acceptors (Lipinski definition) is 9. The lowest BCUT2D eigenvalue weighted by Gasteiger charge is -2.30. The van der Waals surface area contributed by atoms with Gasteiger partial charge < -0.3 is 14.2 Å². The Morgan fingerprint density at radius 3 is 2.41 bits per heavy atom. The van der Waals surface area contributed by atoms with Crippen LogP contribution in [0.15, 0.2) is 53.5 Å². The number of aliphatic hydroxyl groups is 1. The summed E-state index contributed by atoms with van der Waals surface area (Å²) in [6, 6.07) is 7.88. The Balaban J connectivity index is 1.48. The average molecular weight is 541 g/mol. The first kappa shape index (κ1) is 26.2. The third kappa shape index (κ3) is 5.77. The van der Waals surface area contributed by atoms with E-state index in [0.29, 0.717) is 23.2 Å². The lowest BCUT2D eigenvalue weighted by molar-refractivity contribution is -0.0501. The van der Waals surface area contributed by atoms with Crippen LogP contribution >= 0.6 is 0 Å². The summed E-state index contributed by atoms with van der Waals surface area (Å²) < 4.78 is 77.8. The van der Waals surface area contributed by atoms with Gasteiger partial charge in [0, 0.05) is 18.8 Å². The third-order valence-electron chi connectivity index (χ3n) is 5.44. The number of β-amino-alcohol motifs (C(OH)–C–C–N with tert-alkyl or cyclic N) is 1. The van der Waals surface area contributed by atoms with Gasteiger partial charge in [0.25, 0.3) is 0 Å². The normalized spacial score (nSPS) is 16.4. The van der Waals surface area contributed by atoms with E-state index in [9.17, 15) is 35.9 Å². The Bertz CT molecular complexity index is 1490. The fourth-order valence-corrected chi connectivity index (χ4v) is 3.99. The second-order valence-electron chi connectivity index (χ2n) is 8.01. The second-order valence-corrected chi connectivity index (χ2v) is 9.55. The van der Waals surface area contributed by atoms with Crippen LogP contribution in [-0.2, 0) is 16.7 Å². The highest BCUT2D eigenvalue weighted by molar-refractivity contribution is 7.87. The highest BCUT2D eigenvalue weighted by Gasteiger charge is 2.48. The van der Waals surface area contributed by atoms with Crippen molar-refractivity contribution in [3.8, 4) is 5.88 Å². The molecule has 1 N–H and O–H groups in total. The minimum Gasteiger partial charge on any atom is -0.387 e. The first-order chi connectivity index (χ1) is 17.3. The maximum atomic E-state index is 13.2. The summed E-state index contributed by atoms with van der Waals surface area (Å²) in [7, 11) is -5.86. The molecule has 1 unspecified atom stereocenters. The van der Waals surface area contributed by atoms with Crippen molar-refractivity contribution in [2.75, 3.05) is 18.0 Å². The van der Waals surface area contributed by atoms with Crippen molar-refractivity contribution >= 4 is 21.6 Å². The number of pyridine rings is 1. The van der Waals surface area contributed by atoms with E-state index >= 15 is 0 Å². The summed E-state index contributed by atoms with van der Waals surface area (Å²) in [4.78, 5) is 26.1. The topological polar surface area (TPSA) is 128 Å². The monoisotopic (exact) mass is 541 g/mol. The van der Waals surface area contributed by atoms with Crippen LogP contribution in [0.4, 0.5) is 23.5 Å². The van der Waals surface area contributed by atoms with E-state index in [-0.39, 0.29) is 24.9 Å². The van der Waals surface area contributed by atoms with Gasteiger partial charge in [0.1, 0.15) is 11.6 Å². The lowest BCUT2D eigenvalue weighted by atomic mass is 9.97. The van der Waals surface area contributed by atoms with Gasteiger partial charge in [0.2, 0.25) is 11.8 Å². The fourth-order valence-electron chi connectivity index (χ4n) is 3.58. The van der Waals surface area contributed by atoms with Crippen molar-refractivity contribution in [1.29, 1.82) is 0 Å². The number of aromatic nitrogens is 4. The highest BCUT2D eigenvalue weighted by Crippen LogP contribution is 2.26. The molecule has 15 heteroatoms. The molecule has 37 heavy (non-hydrogen) atoms. The average Bonchev–Trinajstić information content (AvgIpc) is 2.82. The van der Waals surface area contributed by atoms with E-state index in [1.54, 1.807) is 30.0 Å². The number of hydrogen-bond donors (Lipinski definition) is 1. The van der Waals surface area contributed by atoms with E-state index in [0.717, 1.165) is 12.3 Å². The number of halogens is 4. The molecule has 0 aliphatic carbocycles. The molecule has 196 valence electrons. The van der Waals surface area contributed by atoms with Crippen LogP contribution in [0.25, 0.3) is 5.57 Å². The number of aryl methyl sites for hydroxylation is 1. The summed E-state index contributed by atoms with van der Waals surface area (Å²) in [5.74, 6) is -0.826. The number of rotatable bonds is 6. The van der Waals surface area contributed by atoms with Crippen molar-refractivity contribution in [2.24, 2.45) is 0 Å². The van der Waals surface area contributed by atoms with Crippen molar-refractivity contribution in [2.45, 2.75) is 25.1 Å². The smallest absolute Gasteiger partial charge is 0.387 e. The summed E-state index contributed by atoms with van der Waals surface area (Å²) in [5, 5.41) is 10.6. The number of benzene rings is 1. The summed E-state index contributed by atoms with van der Waals surface area (Å²) >= 11 is 0. The van der Waals surface area contributed by atoms with Gasteiger partial charge in [0.05, 0.1) is 19.2 Å². The maximum absolute atomic E-state index is 13.2. The van der Waals surface area contributed by atoms with E-state index in [1.807, 2.05) is 0 Å². The zero-order chi connectivity index (χ0) is 27.0. The summed E-state index contributed by atoms with van der Waals surface area (Å²) in [6.07, 6.45) is 1.86. The number of alkyl halides is 3. The van der Waals surface area contributed by atoms with Gasteiger partial charge in [-0.05, 0) is 35.8 Å². The molecule has 0 radical (unpaired) electrons. The first-order valence-electron chi connectivity index (χ1n) is 10.6. The molecule has 1 atom stereocenters. The molecule has 0 bridgehead atoms. The molecule has 1 aromatic carbocycles. The fraction of sp³-hybridized carbons (Fsp3) is 0.273. The largest absolute Gasteiger partial charge is 0.534 e. The van der Waals surface area contributed by atoms with Crippen molar-refractivity contribution in [3.05, 3.63) is 81.9 Å². The molecule has 0 amide bonds. The minimum atomic E-state index is -5.86. The SMILES string of the molecule is Cc1nc(N2CC=C(c3ccc(F)cc3)C(O)C2)nc(=O)n1Cc1ccc(OS(=O)(=O)C(F)(F)F)nc1. The van der Waals surface area contributed by atoms with Crippen LogP contribution < -0.4 is 14.8 Å². The molecule has 0 saturated heterocycles. The lowest BCUT2D eigenvalue weighted by Crippen LogP contribution is -2.40. The van der Waals surface area contributed by atoms with Crippen molar-refractivity contribution in [3.63, 3.8) is 0 Å². The van der Waals surface area contributed by atoms with Crippen LogP contribution in [-0.4, -0.2) is 57.7 Å². The Morgan fingerprint density at radius 2 is 1.84 bits per heavy atom. The van der Waals surface area contributed by atoms with Gasteiger partial charge in [-0.3, -0.25) is 4.57 Å². The summed E-state index contributed by atoms with van der Waals surface area (Å²) in [5.41, 5.74) is -4.64. The molecular weight excluding hydrogens is 522 g/mol. The molecule has 4 rings (SSSR count). The molecule has 3 aromatic rings.